The van der Waals surface area contributed by atoms with Crippen LogP contribution in [0.1, 0.15) is 25.7 Å². The van der Waals surface area contributed by atoms with Crippen LogP contribution in [0.3, 0.4) is 0 Å². The Morgan fingerprint density at radius 3 is 0.750 bits per heavy atom. The van der Waals surface area contributed by atoms with Crippen molar-refractivity contribution in [1.29, 1.82) is 0 Å². The third-order valence-corrected chi connectivity index (χ3v) is 10.5. The van der Waals surface area contributed by atoms with Gasteiger partial charge in [0.25, 0.3) is 0 Å². The minimum atomic E-state index is 1.11. The van der Waals surface area contributed by atoms with E-state index in [1.807, 2.05) is 0 Å². The Morgan fingerprint density at radius 2 is 0.550 bits per heavy atom. The summed E-state index contributed by atoms with van der Waals surface area (Å²) in [6.45, 7) is 0. The maximum absolute atomic E-state index is 2.15. The lowest BCUT2D eigenvalue weighted by molar-refractivity contribution is 0.247. The molecule has 0 spiro atoms. The predicted molar refractivity (Wildman–Crippen MR) is 74.4 cm³/mol. The molecular formula is C20H20. The molecule has 8 atom stereocenters. The Morgan fingerprint density at radius 1 is 0.350 bits per heavy atom. The second-order valence-corrected chi connectivity index (χ2v) is 9.93. The fourth-order valence-electron chi connectivity index (χ4n) is 11.1. The summed E-state index contributed by atoms with van der Waals surface area (Å²) in [4.78, 5) is 0. The highest BCUT2D eigenvalue weighted by Crippen LogP contribution is 2.86. The van der Waals surface area contributed by atoms with Crippen molar-refractivity contribution in [2.45, 2.75) is 25.7 Å². The molecule has 8 aliphatic carbocycles. The zero-order chi connectivity index (χ0) is 12.1. The first-order chi connectivity index (χ1) is 9.93. The van der Waals surface area contributed by atoms with Gasteiger partial charge in [-0.2, -0.15) is 0 Å². The number of fused-ring (bicyclic) bond motifs is 8. The van der Waals surface area contributed by atoms with Gasteiger partial charge >= 0.3 is 0 Å². The first-order valence-corrected chi connectivity index (χ1v) is 9.41. The first-order valence-electron chi connectivity index (χ1n) is 9.41. The molecule has 8 rings (SSSR count). The van der Waals surface area contributed by atoms with Crippen molar-refractivity contribution in [3.05, 3.63) is 22.3 Å². The van der Waals surface area contributed by atoms with Gasteiger partial charge in [0.15, 0.2) is 0 Å². The molecule has 8 unspecified atom stereocenters. The highest BCUT2D eigenvalue weighted by atomic mass is 14.8. The summed E-state index contributed by atoms with van der Waals surface area (Å²) in [6.07, 6.45) is 6.52. The van der Waals surface area contributed by atoms with Gasteiger partial charge in [0.05, 0.1) is 0 Å². The SMILES string of the molecule is C1C2C3=C4C5CC6C7=C(C1C6C25)C1CC3C2C4CC7C12. The van der Waals surface area contributed by atoms with E-state index in [0.717, 1.165) is 47.3 Å². The van der Waals surface area contributed by atoms with Crippen molar-refractivity contribution in [2.24, 2.45) is 71.0 Å². The van der Waals surface area contributed by atoms with Crippen LogP contribution in [0.5, 0.6) is 0 Å². The quantitative estimate of drug-likeness (QED) is 0.583. The Balaban J connectivity index is 1.57. The molecular weight excluding hydrogens is 240 g/mol. The van der Waals surface area contributed by atoms with Crippen molar-refractivity contribution < 1.29 is 0 Å². The third-order valence-electron chi connectivity index (χ3n) is 10.5. The van der Waals surface area contributed by atoms with Gasteiger partial charge in [-0.3, -0.25) is 0 Å². The average Bonchev–Trinajstić information content (AvgIpc) is 3.06. The van der Waals surface area contributed by atoms with E-state index in [4.69, 9.17) is 0 Å². The highest BCUT2D eigenvalue weighted by molar-refractivity contribution is 5.56. The number of hydrogen-bond acceptors (Lipinski definition) is 0. The smallest absolute Gasteiger partial charge is 0.0154 e. The number of allylic oxidation sites excluding steroid dienone is 4. The fraction of sp³-hybridized carbons (Fsp3) is 0.800. The molecule has 20 heavy (non-hydrogen) atoms. The summed E-state index contributed by atoms with van der Waals surface area (Å²) < 4.78 is 0. The second kappa shape index (κ2) is 2.13. The minimum Gasteiger partial charge on any atom is -0.0636 e. The van der Waals surface area contributed by atoms with Crippen LogP contribution in [-0.2, 0) is 0 Å². The van der Waals surface area contributed by atoms with Crippen molar-refractivity contribution in [3.8, 4) is 0 Å². The van der Waals surface area contributed by atoms with E-state index < -0.39 is 0 Å². The highest BCUT2D eigenvalue weighted by Gasteiger charge is 2.78. The maximum atomic E-state index is 2.15. The van der Waals surface area contributed by atoms with Gasteiger partial charge in [-0.25, -0.2) is 0 Å². The van der Waals surface area contributed by atoms with Crippen LogP contribution in [0.2, 0.25) is 0 Å². The molecule has 100 valence electrons. The molecule has 0 bridgehead atoms. The molecule has 0 aromatic heterocycles. The van der Waals surface area contributed by atoms with Crippen molar-refractivity contribution in [3.63, 3.8) is 0 Å². The Kier molecular flexibility index (Phi) is 0.939. The largest absolute Gasteiger partial charge is 0.0636 e. The average molecular weight is 260 g/mol. The van der Waals surface area contributed by atoms with Gasteiger partial charge in [-0.15, -0.1) is 0 Å². The fourth-order valence-corrected chi connectivity index (χ4v) is 11.1. The van der Waals surface area contributed by atoms with Gasteiger partial charge in [0.2, 0.25) is 0 Å². The summed E-state index contributed by atoms with van der Waals surface area (Å²) in [7, 11) is 0. The molecule has 4 fully saturated rings. The first kappa shape index (κ1) is 8.81. The molecule has 0 heteroatoms. The molecule has 0 aliphatic heterocycles. The molecule has 0 saturated heterocycles. The van der Waals surface area contributed by atoms with Crippen LogP contribution in [0, 0.1) is 71.0 Å². The number of hydrogen-bond donors (Lipinski definition) is 0. The zero-order valence-corrected chi connectivity index (χ0v) is 11.8. The molecule has 8 aliphatic rings. The van der Waals surface area contributed by atoms with Gasteiger partial charge in [-0.05, 0) is 96.7 Å². The van der Waals surface area contributed by atoms with Crippen LogP contribution < -0.4 is 0 Å². The number of rotatable bonds is 0. The van der Waals surface area contributed by atoms with E-state index in [1.165, 1.54) is 23.7 Å². The van der Waals surface area contributed by atoms with E-state index >= 15 is 0 Å². The van der Waals surface area contributed by atoms with Crippen LogP contribution in [0.25, 0.3) is 0 Å². The summed E-state index contributed by atoms with van der Waals surface area (Å²) >= 11 is 0. The molecule has 0 aromatic carbocycles. The second-order valence-electron chi connectivity index (χ2n) is 9.93. The Hall–Kier alpha value is -0.520. The van der Waals surface area contributed by atoms with E-state index in [0.29, 0.717) is 0 Å². The molecule has 0 heterocycles. The van der Waals surface area contributed by atoms with Crippen LogP contribution in [0.4, 0.5) is 0 Å². The van der Waals surface area contributed by atoms with Crippen LogP contribution in [-0.4, -0.2) is 0 Å². The molecule has 0 amide bonds. The molecule has 0 radical (unpaired) electrons. The molecule has 4 saturated carbocycles. The lowest BCUT2D eigenvalue weighted by Crippen LogP contribution is -2.25. The van der Waals surface area contributed by atoms with E-state index in [2.05, 4.69) is 22.3 Å². The van der Waals surface area contributed by atoms with Gasteiger partial charge < -0.3 is 0 Å². The summed E-state index contributed by atoms with van der Waals surface area (Å²) in [6, 6.07) is 0. The molecule has 0 nitrogen and oxygen atoms in total. The van der Waals surface area contributed by atoms with Crippen molar-refractivity contribution >= 4 is 0 Å². The van der Waals surface area contributed by atoms with E-state index in [-0.39, 0.29) is 0 Å². The summed E-state index contributed by atoms with van der Waals surface area (Å²) in [5, 5.41) is 0. The van der Waals surface area contributed by atoms with Gasteiger partial charge in [0, 0.05) is 0 Å². The predicted octanol–water partition coefficient (Wildman–Crippen LogP) is 3.66. The lowest BCUT2D eigenvalue weighted by Gasteiger charge is -2.28. The van der Waals surface area contributed by atoms with E-state index in [1.54, 1.807) is 25.7 Å². The Bertz CT molecular complexity index is 552. The topological polar surface area (TPSA) is 0 Å². The van der Waals surface area contributed by atoms with Crippen LogP contribution in [0.15, 0.2) is 22.3 Å². The zero-order valence-electron chi connectivity index (χ0n) is 11.8. The van der Waals surface area contributed by atoms with Crippen molar-refractivity contribution in [2.75, 3.05) is 0 Å². The minimum absolute atomic E-state index is 1.11. The van der Waals surface area contributed by atoms with E-state index in [9.17, 15) is 0 Å². The molecule has 0 aromatic rings. The van der Waals surface area contributed by atoms with Crippen molar-refractivity contribution in [1.82, 2.24) is 0 Å². The van der Waals surface area contributed by atoms with Gasteiger partial charge in [-0.1, -0.05) is 22.3 Å². The maximum Gasteiger partial charge on any atom is -0.0154 e. The standard InChI is InChI=1S/C20H20/c1-5-13-7-2-8-14(13)6(1)18-10-3-9-15-11(19(7)17(5)9)4-12(16(10)15)20(8)18/h5-16H,1-4H2. The monoisotopic (exact) mass is 260 g/mol. The summed E-state index contributed by atoms with van der Waals surface area (Å²) in [5.41, 5.74) is 8.60. The lowest BCUT2D eigenvalue weighted by atomic mass is 9.75. The normalized spacial score (nSPS) is 76.8. The summed E-state index contributed by atoms with van der Waals surface area (Å²) in [5.74, 6) is 13.5. The molecule has 0 N–H and O–H groups in total. The Labute approximate surface area is 119 Å². The van der Waals surface area contributed by atoms with Gasteiger partial charge in [0.1, 0.15) is 0 Å². The van der Waals surface area contributed by atoms with Crippen LogP contribution >= 0.6 is 0 Å². The third kappa shape index (κ3) is 0.521.